The highest BCUT2D eigenvalue weighted by atomic mass is 16.2. The molecule has 0 aliphatic carbocycles. The molecule has 1 aromatic rings. The van der Waals surface area contributed by atoms with Gasteiger partial charge in [0.15, 0.2) is 0 Å². The molecule has 2 aliphatic rings. The topological polar surface area (TPSA) is 45.2 Å². The minimum atomic E-state index is 0.0782. The molecule has 0 spiro atoms. The third kappa shape index (κ3) is 2.22. The van der Waals surface area contributed by atoms with E-state index in [-0.39, 0.29) is 11.4 Å². The van der Waals surface area contributed by atoms with E-state index in [4.69, 9.17) is 0 Å². The van der Waals surface area contributed by atoms with Crippen molar-refractivity contribution in [2.75, 3.05) is 13.1 Å². The van der Waals surface area contributed by atoms with Crippen molar-refractivity contribution in [2.24, 2.45) is 0 Å². The lowest BCUT2D eigenvalue weighted by Gasteiger charge is -2.51. The summed E-state index contributed by atoms with van der Waals surface area (Å²) in [6, 6.07) is 4.15. The Morgan fingerprint density at radius 2 is 2.35 bits per heavy atom. The first kappa shape index (κ1) is 13.6. The van der Waals surface area contributed by atoms with Crippen molar-refractivity contribution in [1.29, 1.82) is 0 Å². The number of piperidine rings is 2. The first-order valence-electron chi connectivity index (χ1n) is 7.59. The summed E-state index contributed by atoms with van der Waals surface area (Å²) in [6.45, 7) is 6.15. The summed E-state index contributed by atoms with van der Waals surface area (Å²) < 4.78 is 0. The van der Waals surface area contributed by atoms with Gasteiger partial charge in [-0.3, -0.25) is 9.78 Å². The van der Waals surface area contributed by atoms with Gasteiger partial charge in [0.25, 0.3) is 5.91 Å². The Hall–Kier alpha value is -1.42. The number of carbonyl (C=O) groups excluding carboxylic acids is 1. The SMILES string of the molecule is Cc1cccnc1C(=O)N1CCC[C@]2(C)NCCC[C@@H]12. The molecule has 2 saturated heterocycles. The van der Waals surface area contributed by atoms with Gasteiger partial charge in [0.1, 0.15) is 5.69 Å². The van der Waals surface area contributed by atoms with Crippen LogP contribution >= 0.6 is 0 Å². The Morgan fingerprint density at radius 1 is 1.50 bits per heavy atom. The third-order valence-corrected chi connectivity index (χ3v) is 4.86. The van der Waals surface area contributed by atoms with Crippen molar-refractivity contribution in [2.45, 2.75) is 51.1 Å². The van der Waals surface area contributed by atoms with Gasteiger partial charge in [-0.25, -0.2) is 0 Å². The fourth-order valence-electron chi connectivity index (χ4n) is 3.72. The number of amides is 1. The Balaban J connectivity index is 1.89. The highest BCUT2D eigenvalue weighted by Crippen LogP contribution is 2.34. The molecule has 1 amide bonds. The van der Waals surface area contributed by atoms with Crippen molar-refractivity contribution in [3.63, 3.8) is 0 Å². The predicted octanol–water partition coefficient (Wildman–Crippen LogP) is 2.14. The Kier molecular flexibility index (Phi) is 3.50. The molecule has 4 heteroatoms. The highest BCUT2D eigenvalue weighted by molar-refractivity contribution is 5.94. The van der Waals surface area contributed by atoms with Crippen LogP contribution in [0.1, 0.15) is 48.7 Å². The Morgan fingerprint density at radius 3 is 3.15 bits per heavy atom. The summed E-state index contributed by atoms with van der Waals surface area (Å²) in [6.07, 6.45) is 6.18. The van der Waals surface area contributed by atoms with Crippen LogP contribution in [0.3, 0.4) is 0 Å². The van der Waals surface area contributed by atoms with Crippen LogP contribution in [-0.4, -0.2) is 40.5 Å². The molecular weight excluding hydrogens is 250 g/mol. The first-order valence-corrected chi connectivity index (χ1v) is 7.59. The van der Waals surface area contributed by atoms with Crippen LogP contribution in [0.5, 0.6) is 0 Å². The van der Waals surface area contributed by atoms with Gasteiger partial charge in [-0.1, -0.05) is 6.07 Å². The molecule has 3 rings (SSSR count). The van der Waals surface area contributed by atoms with E-state index in [9.17, 15) is 4.79 Å². The number of likely N-dealkylation sites (tertiary alicyclic amines) is 1. The number of hydrogen-bond donors (Lipinski definition) is 1. The molecule has 0 aromatic carbocycles. The Labute approximate surface area is 120 Å². The predicted molar refractivity (Wildman–Crippen MR) is 78.7 cm³/mol. The quantitative estimate of drug-likeness (QED) is 0.852. The highest BCUT2D eigenvalue weighted by Gasteiger charge is 2.44. The van der Waals surface area contributed by atoms with E-state index in [0.717, 1.165) is 44.3 Å². The average molecular weight is 273 g/mol. The number of fused-ring (bicyclic) bond motifs is 1. The van der Waals surface area contributed by atoms with E-state index >= 15 is 0 Å². The second-order valence-electron chi connectivity index (χ2n) is 6.27. The summed E-state index contributed by atoms with van der Waals surface area (Å²) in [7, 11) is 0. The fourth-order valence-corrected chi connectivity index (χ4v) is 3.72. The van der Waals surface area contributed by atoms with E-state index in [1.807, 2.05) is 19.1 Å². The maximum Gasteiger partial charge on any atom is 0.273 e. The summed E-state index contributed by atoms with van der Waals surface area (Å²) in [4.78, 5) is 19.2. The minimum Gasteiger partial charge on any atom is -0.332 e. The first-order chi connectivity index (χ1) is 9.62. The number of rotatable bonds is 1. The van der Waals surface area contributed by atoms with Crippen molar-refractivity contribution >= 4 is 5.91 Å². The maximum atomic E-state index is 12.9. The van der Waals surface area contributed by atoms with Gasteiger partial charge >= 0.3 is 0 Å². The van der Waals surface area contributed by atoms with Crippen molar-refractivity contribution < 1.29 is 4.79 Å². The minimum absolute atomic E-state index is 0.0782. The molecule has 2 fully saturated rings. The van der Waals surface area contributed by atoms with Crippen molar-refractivity contribution in [3.05, 3.63) is 29.6 Å². The molecule has 108 valence electrons. The molecule has 0 unspecified atom stereocenters. The number of aryl methyl sites for hydroxylation is 1. The van der Waals surface area contributed by atoms with Gasteiger partial charge in [0, 0.05) is 24.3 Å². The van der Waals surface area contributed by atoms with E-state index < -0.39 is 0 Å². The largest absolute Gasteiger partial charge is 0.332 e. The molecule has 1 aromatic heterocycles. The van der Waals surface area contributed by atoms with E-state index in [2.05, 4.69) is 22.1 Å². The summed E-state index contributed by atoms with van der Waals surface area (Å²) in [5.74, 6) is 0.0997. The zero-order valence-electron chi connectivity index (χ0n) is 12.4. The summed E-state index contributed by atoms with van der Waals surface area (Å²) >= 11 is 0. The molecule has 2 atom stereocenters. The second kappa shape index (κ2) is 5.17. The molecule has 4 nitrogen and oxygen atoms in total. The number of hydrogen-bond acceptors (Lipinski definition) is 3. The van der Waals surface area contributed by atoms with Crippen molar-refractivity contribution in [1.82, 2.24) is 15.2 Å². The maximum absolute atomic E-state index is 12.9. The Bertz CT molecular complexity index is 512. The average Bonchev–Trinajstić information content (AvgIpc) is 2.45. The zero-order valence-corrected chi connectivity index (χ0v) is 12.4. The second-order valence-corrected chi connectivity index (χ2v) is 6.27. The van der Waals surface area contributed by atoms with Crippen LogP contribution in [0.25, 0.3) is 0 Å². The van der Waals surface area contributed by atoms with Crippen LogP contribution in [0, 0.1) is 6.92 Å². The van der Waals surface area contributed by atoms with Crippen LogP contribution in [-0.2, 0) is 0 Å². The van der Waals surface area contributed by atoms with Gasteiger partial charge in [0.2, 0.25) is 0 Å². The lowest BCUT2D eigenvalue weighted by atomic mass is 9.77. The molecule has 20 heavy (non-hydrogen) atoms. The lowest BCUT2D eigenvalue weighted by Crippen LogP contribution is -2.65. The van der Waals surface area contributed by atoms with Gasteiger partial charge in [-0.15, -0.1) is 0 Å². The van der Waals surface area contributed by atoms with Crippen molar-refractivity contribution in [3.8, 4) is 0 Å². The standard InChI is InChI=1S/C16H23N3O/c1-12-6-3-9-17-14(12)15(20)19-11-5-8-16(2)13(19)7-4-10-18-16/h3,6,9,13,18H,4-5,7-8,10-11H2,1-2H3/t13-,16+/m1/s1. The summed E-state index contributed by atoms with van der Waals surface area (Å²) in [5, 5.41) is 3.63. The van der Waals surface area contributed by atoms with Gasteiger partial charge in [-0.2, -0.15) is 0 Å². The van der Waals surface area contributed by atoms with E-state index in [0.29, 0.717) is 11.7 Å². The van der Waals surface area contributed by atoms with E-state index in [1.54, 1.807) is 6.20 Å². The molecule has 0 bridgehead atoms. The van der Waals surface area contributed by atoms with E-state index in [1.165, 1.54) is 0 Å². The fraction of sp³-hybridized carbons (Fsp3) is 0.625. The number of pyridine rings is 1. The van der Waals surface area contributed by atoms with Crippen LogP contribution in [0.15, 0.2) is 18.3 Å². The number of nitrogens with one attached hydrogen (secondary N) is 1. The summed E-state index contributed by atoms with van der Waals surface area (Å²) in [5.41, 5.74) is 1.66. The number of nitrogens with zero attached hydrogens (tertiary/aromatic N) is 2. The molecular formula is C16H23N3O. The molecule has 0 saturated carbocycles. The van der Waals surface area contributed by atoms with Crippen LogP contribution in [0.2, 0.25) is 0 Å². The van der Waals surface area contributed by atoms with Gasteiger partial charge in [0.05, 0.1) is 0 Å². The van der Waals surface area contributed by atoms with Crippen LogP contribution in [0.4, 0.5) is 0 Å². The smallest absolute Gasteiger partial charge is 0.273 e. The van der Waals surface area contributed by atoms with Gasteiger partial charge in [-0.05, 0) is 57.7 Å². The normalized spacial score (nSPS) is 29.9. The number of aromatic nitrogens is 1. The monoisotopic (exact) mass is 273 g/mol. The molecule has 2 aliphatic heterocycles. The lowest BCUT2D eigenvalue weighted by molar-refractivity contribution is 0.0248. The van der Waals surface area contributed by atoms with Crippen LogP contribution < -0.4 is 5.32 Å². The zero-order chi connectivity index (χ0) is 14.2. The number of carbonyl (C=O) groups is 1. The molecule has 1 N–H and O–H groups in total. The third-order valence-electron chi connectivity index (χ3n) is 4.86. The van der Waals surface area contributed by atoms with Gasteiger partial charge < -0.3 is 10.2 Å². The molecule has 3 heterocycles. The molecule has 0 radical (unpaired) electrons.